The van der Waals surface area contributed by atoms with Gasteiger partial charge in [0.15, 0.2) is 0 Å². The van der Waals surface area contributed by atoms with Gasteiger partial charge >= 0.3 is 0 Å². The van der Waals surface area contributed by atoms with Gasteiger partial charge in [-0.15, -0.1) is 0 Å². The van der Waals surface area contributed by atoms with Crippen LogP contribution in [0.1, 0.15) is 29.2 Å². The van der Waals surface area contributed by atoms with E-state index in [0.29, 0.717) is 17.9 Å². The Kier molecular flexibility index (Phi) is 7.02. The van der Waals surface area contributed by atoms with E-state index in [2.05, 4.69) is 11.4 Å². The number of amides is 1. The van der Waals surface area contributed by atoms with Crippen molar-refractivity contribution >= 4 is 17.7 Å². The molecule has 0 aromatic heterocycles. The molecule has 4 nitrogen and oxygen atoms in total. The highest BCUT2D eigenvalue weighted by atomic mass is 16.5. The SMILES string of the molecule is CCc1ccccc1NC(=O)/C(C#N)=C/c1ccccc1OCc1cccc(C)c1. The Morgan fingerprint density at radius 3 is 2.60 bits per heavy atom. The highest BCUT2D eigenvalue weighted by Crippen LogP contribution is 2.23. The van der Waals surface area contributed by atoms with Gasteiger partial charge in [0.1, 0.15) is 24.0 Å². The van der Waals surface area contributed by atoms with Crippen LogP contribution in [0.2, 0.25) is 0 Å². The zero-order chi connectivity index (χ0) is 21.3. The number of carbonyl (C=O) groups excluding carboxylic acids is 1. The Bertz CT molecular complexity index is 1110. The van der Waals surface area contributed by atoms with Gasteiger partial charge in [0.05, 0.1) is 0 Å². The van der Waals surface area contributed by atoms with Gasteiger partial charge in [-0.3, -0.25) is 4.79 Å². The van der Waals surface area contributed by atoms with Crippen molar-refractivity contribution in [2.24, 2.45) is 0 Å². The van der Waals surface area contributed by atoms with E-state index in [1.807, 2.05) is 86.6 Å². The van der Waals surface area contributed by atoms with Gasteiger partial charge in [-0.1, -0.05) is 73.2 Å². The number of rotatable bonds is 7. The summed E-state index contributed by atoms with van der Waals surface area (Å²) in [4.78, 5) is 12.7. The molecule has 3 aromatic rings. The summed E-state index contributed by atoms with van der Waals surface area (Å²) in [5, 5.41) is 12.4. The van der Waals surface area contributed by atoms with Crippen LogP contribution in [0.15, 0.2) is 78.4 Å². The van der Waals surface area contributed by atoms with Crippen LogP contribution in [0.5, 0.6) is 5.75 Å². The predicted molar refractivity (Wildman–Crippen MR) is 120 cm³/mol. The molecule has 1 N–H and O–H groups in total. The Balaban J connectivity index is 1.80. The molecule has 0 fully saturated rings. The van der Waals surface area contributed by atoms with Gasteiger partial charge in [-0.2, -0.15) is 5.26 Å². The molecule has 3 rings (SSSR count). The van der Waals surface area contributed by atoms with Crippen molar-refractivity contribution in [1.29, 1.82) is 5.26 Å². The topological polar surface area (TPSA) is 62.1 Å². The smallest absolute Gasteiger partial charge is 0.266 e. The first kappa shape index (κ1) is 20.9. The van der Waals surface area contributed by atoms with Gasteiger partial charge in [0, 0.05) is 11.3 Å². The minimum atomic E-state index is -0.438. The lowest BCUT2D eigenvalue weighted by atomic mass is 10.1. The molecule has 0 bridgehead atoms. The summed E-state index contributed by atoms with van der Waals surface area (Å²) in [5.74, 6) is 0.181. The number of anilines is 1. The molecular formula is C26H24N2O2. The van der Waals surface area contributed by atoms with Crippen LogP contribution < -0.4 is 10.1 Å². The fraction of sp³-hybridized carbons (Fsp3) is 0.154. The van der Waals surface area contributed by atoms with E-state index in [1.165, 1.54) is 5.56 Å². The second-order valence-electron chi connectivity index (χ2n) is 6.95. The van der Waals surface area contributed by atoms with Crippen LogP contribution in [0.25, 0.3) is 6.08 Å². The average molecular weight is 396 g/mol. The molecule has 0 saturated heterocycles. The molecule has 150 valence electrons. The lowest BCUT2D eigenvalue weighted by Crippen LogP contribution is -2.14. The summed E-state index contributed by atoms with van der Waals surface area (Å²) in [6, 6.07) is 25.1. The fourth-order valence-corrected chi connectivity index (χ4v) is 3.14. The molecule has 0 aliphatic heterocycles. The Morgan fingerprint density at radius 2 is 1.83 bits per heavy atom. The number of nitriles is 1. The maximum absolute atomic E-state index is 12.7. The third kappa shape index (κ3) is 5.36. The molecule has 0 aliphatic rings. The van der Waals surface area contributed by atoms with E-state index in [9.17, 15) is 10.1 Å². The van der Waals surface area contributed by atoms with E-state index in [4.69, 9.17) is 4.74 Å². The fourth-order valence-electron chi connectivity index (χ4n) is 3.14. The van der Waals surface area contributed by atoms with Crippen molar-refractivity contribution in [3.8, 4) is 11.8 Å². The number of benzene rings is 3. The summed E-state index contributed by atoms with van der Waals surface area (Å²) in [6.07, 6.45) is 2.35. The Morgan fingerprint density at radius 1 is 1.07 bits per heavy atom. The average Bonchev–Trinajstić information content (AvgIpc) is 2.77. The van der Waals surface area contributed by atoms with Crippen LogP contribution >= 0.6 is 0 Å². The largest absolute Gasteiger partial charge is 0.488 e. The standard InChI is InChI=1S/C26H24N2O2/c1-3-21-11-4-6-13-24(21)28-26(29)23(17-27)16-22-12-5-7-14-25(22)30-18-20-10-8-9-19(2)15-20/h4-16H,3,18H2,1-2H3,(H,28,29)/b23-16+. The molecule has 0 saturated carbocycles. The lowest BCUT2D eigenvalue weighted by molar-refractivity contribution is -0.112. The third-order valence-corrected chi connectivity index (χ3v) is 4.71. The Labute approximate surface area is 177 Å². The van der Waals surface area contributed by atoms with Crippen molar-refractivity contribution in [2.45, 2.75) is 26.9 Å². The van der Waals surface area contributed by atoms with Gasteiger partial charge in [0.2, 0.25) is 0 Å². The molecular weight excluding hydrogens is 372 g/mol. The number of hydrogen-bond acceptors (Lipinski definition) is 3. The predicted octanol–water partition coefficient (Wildman–Crippen LogP) is 5.68. The zero-order valence-electron chi connectivity index (χ0n) is 17.2. The molecule has 1 amide bonds. The highest BCUT2D eigenvalue weighted by molar-refractivity contribution is 6.10. The van der Waals surface area contributed by atoms with Gasteiger partial charge in [-0.05, 0) is 42.7 Å². The number of para-hydroxylation sites is 2. The van der Waals surface area contributed by atoms with Crippen molar-refractivity contribution in [3.05, 3.63) is 101 Å². The van der Waals surface area contributed by atoms with Crippen LogP contribution in [-0.4, -0.2) is 5.91 Å². The monoisotopic (exact) mass is 396 g/mol. The number of ether oxygens (including phenoxy) is 1. The van der Waals surface area contributed by atoms with Gasteiger partial charge in [0.25, 0.3) is 5.91 Å². The summed E-state index contributed by atoms with van der Waals surface area (Å²) in [5.41, 5.74) is 4.66. The lowest BCUT2D eigenvalue weighted by Gasteiger charge is -2.11. The molecule has 0 radical (unpaired) electrons. The summed E-state index contributed by atoms with van der Waals surface area (Å²) < 4.78 is 5.97. The highest BCUT2D eigenvalue weighted by Gasteiger charge is 2.13. The zero-order valence-corrected chi connectivity index (χ0v) is 17.2. The Hall–Kier alpha value is -3.84. The molecule has 0 spiro atoms. The first-order chi connectivity index (χ1) is 14.6. The van der Waals surface area contributed by atoms with Crippen molar-refractivity contribution in [1.82, 2.24) is 0 Å². The third-order valence-electron chi connectivity index (χ3n) is 4.71. The minimum Gasteiger partial charge on any atom is -0.488 e. The number of nitrogens with zero attached hydrogens (tertiary/aromatic N) is 1. The quantitative estimate of drug-likeness (QED) is 0.413. The van der Waals surface area contributed by atoms with Crippen LogP contribution in [-0.2, 0) is 17.8 Å². The van der Waals surface area contributed by atoms with Crippen molar-refractivity contribution in [3.63, 3.8) is 0 Å². The van der Waals surface area contributed by atoms with E-state index >= 15 is 0 Å². The normalized spacial score (nSPS) is 10.9. The maximum atomic E-state index is 12.7. The molecule has 30 heavy (non-hydrogen) atoms. The van der Waals surface area contributed by atoms with Crippen LogP contribution in [0, 0.1) is 18.3 Å². The summed E-state index contributed by atoms with van der Waals surface area (Å²) in [7, 11) is 0. The molecule has 3 aromatic carbocycles. The van der Waals surface area contributed by atoms with Crippen molar-refractivity contribution in [2.75, 3.05) is 5.32 Å². The van der Waals surface area contributed by atoms with E-state index in [-0.39, 0.29) is 5.57 Å². The summed E-state index contributed by atoms with van der Waals surface area (Å²) in [6.45, 7) is 4.47. The van der Waals surface area contributed by atoms with Crippen LogP contribution in [0.3, 0.4) is 0 Å². The van der Waals surface area contributed by atoms with Crippen LogP contribution in [0.4, 0.5) is 5.69 Å². The molecule has 0 heterocycles. The summed E-state index contributed by atoms with van der Waals surface area (Å²) >= 11 is 0. The maximum Gasteiger partial charge on any atom is 0.266 e. The number of hydrogen-bond donors (Lipinski definition) is 1. The van der Waals surface area contributed by atoms with Gasteiger partial charge < -0.3 is 10.1 Å². The van der Waals surface area contributed by atoms with E-state index < -0.39 is 5.91 Å². The number of nitrogens with one attached hydrogen (secondary N) is 1. The molecule has 0 unspecified atom stereocenters. The minimum absolute atomic E-state index is 0.0208. The molecule has 0 atom stereocenters. The first-order valence-corrected chi connectivity index (χ1v) is 9.89. The van der Waals surface area contributed by atoms with Crippen molar-refractivity contribution < 1.29 is 9.53 Å². The second kappa shape index (κ2) is 10.1. The first-order valence-electron chi connectivity index (χ1n) is 9.89. The van der Waals surface area contributed by atoms with Gasteiger partial charge in [-0.25, -0.2) is 0 Å². The van der Waals surface area contributed by atoms with E-state index in [0.717, 1.165) is 23.2 Å². The second-order valence-corrected chi connectivity index (χ2v) is 6.95. The van der Waals surface area contributed by atoms with E-state index in [1.54, 1.807) is 6.08 Å². The number of carbonyl (C=O) groups is 1. The number of aryl methyl sites for hydroxylation is 2. The molecule has 0 aliphatic carbocycles. The molecule has 4 heteroatoms.